The lowest BCUT2D eigenvalue weighted by Crippen LogP contribution is -2.47. The van der Waals surface area contributed by atoms with Gasteiger partial charge in [0.25, 0.3) is 17.7 Å². The van der Waals surface area contributed by atoms with Crippen LogP contribution in [0.3, 0.4) is 0 Å². The molecule has 0 bridgehead atoms. The number of rotatable bonds is 5. The van der Waals surface area contributed by atoms with E-state index >= 15 is 0 Å². The van der Waals surface area contributed by atoms with E-state index in [0.717, 1.165) is 23.1 Å². The first-order valence-corrected chi connectivity index (χ1v) is 9.26. The number of nitrogens with zero attached hydrogens (tertiary/aromatic N) is 3. The number of hydrogen-bond donors (Lipinski definition) is 2. The van der Waals surface area contributed by atoms with Crippen LogP contribution < -0.4 is 5.32 Å². The first-order valence-electron chi connectivity index (χ1n) is 9.26. The van der Waals surface area contributed by atoms with Gasteiger partial charge < -0.3 is 20.2 Å². The van der Waals surface area contributed by atoms with Crippen LogP contribution in [0.15, 0.2) is 30.0 Å². The molecule has 0 radical (unpaired) electrons. The van der Waals surface area contributed by atoms with Crippen molar-refractivity contribution in [3.8, 4) is 0 Å². The van der Waals surface area contributed by atoms with Crippen LogP contribution in [0, 0.1) is 0 Å². The Morgan fingerprint density at radius 3 is 2.43 bits per heavy atom. The summed E-state index contributed by atoms with van der Waals surface area (Å²) in [5, 5.41) is 11.4. The molecule has 1 aromatic carbocycles. The van der Waals surface area contributed by atoms with Gasteiger partial charge in [-0.15, -0.1) is 0 Å². The minimum Gasteiger partial charge on any atom is -0.395 e. The van der Waals surface area contributed by atoms with Crippen LogP contribution in [-0.4, -0.2) is 83.9 Å². The molecule has 0 aliphatic carbocycles. The number of anilines is 1. The molecule has 11 heteroatoms. The van der Waals surface area contributed by atoms with E-state index in [1.54, 1.807) is 0 Å². The molecule has 3 rings (SSSR count). The number of imide groups is 1. The van der Waals surface area contributed by atoms with Crippen molar-refractivity contribution < 1.29 is 32.7 Å². The van der Waals surface area contributed by atoms with Crippen LogP contribution >= 0.6 is 0 Å². The highest BCUT2D eigenvalue weighted by atomic mass is 19.4. The van der Waals surface area contributed by atoms with Crippen LogP contribution in [0.2, 0.25) is 0 Å². The van der Waals surface area contributed by atoms with E-state index in [9.17, 15) is 27.6 Å². The number of carbonyl (C=O) groups is 3. The lowest BCUT2D eigenvalue weighted by atomic mass is 10.0. The average molecular weight is 426 g/mol. The van der Waals surface area contributed by atoms with Gasteiger partial charge in [-0.2, -0.15) is 13.2 Å². The zero-order valence-corrected chi connectivity index (χ0v) is 16.2. The van der Waals surface area contributed by atoms with Gasteiger partial charge in [0.15, 0.2) is 0 Å². The Hall–Kier alpha value is -2.92. The SMILES string of the molecule is CN1CCN(C(=O)c2ccc(NC3=CC(=O)N(CCO)C3=O)cc2C(F)(F)F)CC1. The highest BCUT2D eigenvalue weighted by Crippen LogP contribution is 2.35. The quantitative estimate of drug-likeness (QED) is 0.675. The number of aliphatic hydroxyl groups is 1. The molecule has 0 saturated carbocycles. The van der Waals surface area contributed by atoms with Crippen molar-refractivity contribution in [1.82, 2.24) is 14.7 Å². The molecule has 2 aliphatic rings. The summed E-state index contributed by atoms with van der Waals surface area (Å²) in [4.78, 5) is 40.8. The average Bonchev–Trinajstić information content (AvgIpc) is 2.95. The Kier molecular flexibility index (Phi) is 6.13. The Morgan fingerprint density at radius 1 is 1.17 bits per heavy atom. The van der Waals surface area contributed by atoms with Crippen molar-refractivity contribution in [2.24, 2.45) is 0 Å². The predicted octanol–water partition coefficient (Wildman–Crippen LogP) is 0.750. The predicted molar refractivity (Wildman–Crippen MR) is 100 cm³/mol. The van der Waals surface area contributed by atoms with E-state index < -0.39 is 41.6 Å². The van der Waals surface area contributed by atoms with Gasteiger partial charge in [0.1, 0.15) is 5.70 Å². The molecule has 1 aromatic rings. The highest BCUT2D eigenvalue weighted by Gasteiger charge is 2.37. The summed E-state index contributed by atoms with van der Waals surface area (Å²) < 4.78 is 41.0. The van der Waals surface area contributed by atoms with Crippen molar-refractivity contribution in [2.45, 2.75) is 6.18 Å². The smallest absolute Gasteiger partial charge is 0.395 e. The van der Waals surface area contributed by atoms with Crippen molar-refractivity contribution in [3.63, 3.8) is 0 Å². The van der Waals surface area contributed by atoms with Crippen LogP contribution in [0.25, 0.3) is 0 Å². The largest absolute Gasteiger partial charge is 0.417 e. The van der Waals surface area contributed by atoms with Crippen LogP contribution in [-0.2, 0) is 15.8 Å². The standard InChI is InChI=1S/C19H21F3N4O4/c1-24-4-6-25(7-5-24)17(29)13-3-2-12(10-14(13)19(20,21)22)23-15-11-16(28)26(8-9-27)18(15)30/h2-3,10-11,23,27H,4-9H2,1H3. The fourth-order valence-corrected chi connectivity index (χ4v) is 3.29. The molecule has 30 heavy (non-hydrogen) atoms. The zero-order chi connectivity index (χ0) is 22.1. The monoisotopic (exact) mass is 426 g/mol. The molecule has 0 unspecified atom stereocenters. The topological polar surface area (TPSA) is 93.2 Å². The van der Waals surface area contributed by atoms with Gasteiger partial charge >= 0.3 is 6.18 Å². The van der Waals surface area contributed by atoms with E-state index in [-0.39, 0.29) is 17.9 Å². The van der Waals surface area contributed by atoms with Crippen molar-refractivity contribution in [3.05, 3.63) is 41.1 Å². The molecular formula is C19H21F3N4O4. The number of amides is 3. The molecule has 2 heterocycles. The van der Waals surface area contributed by atoms with Gasteiger partial charge in [0, 0.05) is 37.9 Å². The molecule has 3 amide bonds. The summed E-state index contributed by atoms with van der Waals surface area (Å²) >= 11 is 0. The van der Waals surface area contributed by atoms with Crippen LogP contribution in [0.1, 0.15) is 15.9 Å². The Morgan fingerprint density at radius 2 is 1.83 bits per heavy atom. The Bertz CT molecular complexity index is 892. The number of β-amino-alcohol motifs (C(OH)–C–C–N with tert-alkyl or cyclic N) is 1. The molecule has 2 N–H and O–H groups in total. The van der Waals surface area contributed by atoms with E-state index in [1.165, 1.54) is 11.0 Å². The van der Waals surface area contributed by atoms with Gasteiger partial charge in [0.2, 0.25) is 0 Å². The number of alkyl halides is 3. The molecule has 0 spiro atoms. The van der Waals surface area contributed by atoms with Gasteiger partial charge in [-0.3, -0.25) is 19.3 Å². The molecule has 1 fully saturated rings. The molecule has 0 atom stereocenters. The van der Waals surface area contributed by atoms with Crippen LogP contribution in [0.5, 0.6) is 0 Å². The van der Waals surface area contributed by atoms with Gasteiger partial charge in [-0.25, -0.2) is 0 Å². The molecule has 162 valence electrons. The first-order chi connectivity index (χ1) is 14.1. The van der Waals surface area contributed by atoms with Gasteiger partial charge in [-0.1, -0.05) is 0 Å². The van der Waals surface area contributed by atoms with Crippen molar-refractivity contribution >= 4 is 23.4 Å². The summed E-state index contributed by atoms with van der Waals surface area (Å²) in [6.45, 7) is 1.15. The van der Waals surface area contributed by atoms with E-state index in [4.69, 9.17) is 5.11 Å². The third-order valence-electron chi connectivity index (χ3n) is 4.96. The minimum absolute atomic E-state index is 0.0875. The number of benzene rings is 1. The van der Waals surface area contributed by atoms with Gasteiger partial charge in [0.05, 0.1) is 24.3 Å². The van der Waals surface area contributed by atoms with Crippen LogP contribution in [0.4, 0.5) is 18.9 Å². The molecule has 0 aromatic heterocycles. The molecule has 8 nitrogen and oxygen atoms in total. The number of nitrogens with one attached hydrogen (secondary N) is 1. The summed E-state index contributed by atoms with van der Waals surface area (Å²) in [6, 6.07) is 3.07. The fourth-order valence-electron chi connectivity index (χ4n) is 3.29. The molecule has 2 aliphatic heterocycles. The first kappa shape index (κ1) is 21.8. The van der Waals surface area contributed by atoms with Crippen molar-refractivity contribution in [2.75, 3.05) is 51.7 Å². The summed E-state index contributed by atoms with van der Waals surface area (Å²) in [6.07, 6.45) is -3.84. The fraction of sp³-hybridized carbons (Fsp3) is 0.421. The summed E-state index contributed by atoms with van der Waals surface area (Å²) in [7, 11) is 1.87. The zero-order valence-electron chi connectivity index (χ0n) is 16.2. The Balaban J connectivity index is 1.85. The van der Waals surface area contributed by atoms with Gasteiger partial charge in [-0.05, 0) is 25.2 Å². The third kappa shape index (κ3) is 4.46. The number of carbonyl (C=O) groups excluding carboxylic acids is 3. The van der Waals surface area contributed by atoms with E-state index in [2.05, 4.69) is 5.32 Å². The molecular weight excluding hydrogens is 405 g/mol. The summed E-state index contributed by atoms with van der Waals surface area (Å²) in [5.74, 6) is -2.13. The number of hydrogen-bond acceptors (Lipinski definition) is 6. The minimum atomic E-state index is -4.79. The summed E-state index contributed by atoms with van der Waals surface area (Å²) in [5.41, 5.74) is -1.89. The second-order valence-corrected chi connectivity index (χ2v) is 7.06. The maximum Gasteiger partial charge on any atom is 0.417 e. The second-order valence-electron chi connectivity index (χ2n) is 7.06. The normalized spacial score (nSPS) is 18.1. The number of halogens is 3. The highest BCUT2D eigenvalue weighted by molar-refractivity contribution is 6.17. The second kappa shape index (κ2) is 8.44. The maximum absolute atomic E-state index is 13.7. The van der Waals surface area contributed by atoms with E-state index in [0.29, 0.717) is 26.2 Å². The third-order valence-corrected chi connectivity index (χ3v) is 4.96. The maximum atomic E-state index is 13.7. The number of piperazine rings is 1. The number of likely N-dealkylation sites (N-methyl/N-ethyl adjacent to an activating group) is 1. The lowest BCUT2D eigenvalue weighted by Gasteiger charge is -2.33. The lowest BCUT2D eigenvalue weighted by molar-refractivity contribution is -0.138. The van der Waals surface area contributed by atoms with Crippen molar-refractivity contribution in [1.29, 1.82) is 0 Å². The molecule has 1 saturated heterocycles. The number of aliphatic hydroxyl groups excluding tert-OH is 1. The Labute approximate surface area is 170 Å². The van der Waals surface area contributed by atoms with E-state index in [1.807, 2.05) is 11.9 Å².